The number of amides is 1. The summed E-state index contributed by atoms with van der Waals surface area (Å²) in [5.41, 5.74) is 6.02. The normalized spacial score (nSPS) is 22.7. The number of unbranched alkanes of at least 4 members (excludes halogenated alkanes) is 2. The van der Waals surface area contributed by atoms with E-state index >= 15 is 0 Å². The smallest absolute Gasteiger partial charge is 0.410 e. The summed E-state index contributed by atoms with van der Waals surface area (Å²) in [6.07, 6.45) is 10.4. The van der Waals surface area contributed by atoms with E-state index in [1.807, 2.05) is 85.8 Å². The molecule has 13 nitrogen and oxygen atoms in total. The maximum atomic E-state index is 14.9. The number of nitrogens with zero attached hydrogens (tertiary/aromatic N) is 3. The molecule has 3 heterocycles. The first-order valence-corrected chi connectivity index (χ1v) is 23.6. The Hall–Kier alpha value is -6.15. The van der Waals surface area contributed by atoms with Crippen LogP contribution in [0.3, 0.4) is 0 Å². The summed E-state index contributed by atoms with van der Waals surface area (Å²) >= 11 is 0. The van der Waals surface area contributed by atoms with E-state index in [-0.39, 0.29) is 77.2 Å². The van der Waals surface area contributed by atoms with E-state index in [0.717, 1.165) is 59.3 Å². The van der Waals surface area contributed by atoms with Gasteiger partial charge in [0.1, 0.15) is 30.8 Å². The van der Waals surface area contributed by atoms with Crippen molar-refractivity contribution in [2.45, 2.75) is 95.8 Å². The van der Waals surface area contributed by atoms with E-state index in [2.05, 4.69) is 30.3 Å². The van der Waals surface area contributed by atoms with Crippen molar-refractivity contribution in [1.29, 1.82) is 0 Å². The van der Waals surface area contributed by atoms with Crippen LogP contribution in [0, 0.1) is 24.7 Å². The number of pyridine rings is 1. The number of benzene rings is 3. The summed E-state index contributed by atoms with van der Waals surface area (Å²) < 4.78 is 38.6. The maximum absolute atomic E-state index is 14.9. The van der Waals surface area contributed by atoms with Gasteiger partial charge in [0, 0.05) is 43.4 Å². The molecule has 1 saturated carbocycles. The van der Waals surface area contributed by atoms with Gasteiger partial charge in [-0.2, -0.15) is 0 Å². The van der Waals surface area contributed by atoms with Crippen molar-refractivity contribution >= 4 is 11.8 Å². The highest BCUT2D eigenvalue weighted by Gasteiger charge is 2.65. The van der Waals surface area contributed by atoms with Gasteiger partial charge in [0.25, 0.3) is 0 Å². The fourth-order valence-electron chi connectivity index (χ4n) is 10.2. The second-order valence-corrected chi connectivity index (χ2v) is 17.6. The molecule has 0 unspecified atom stereocenters. The molecule has 4 aromatic rings. The molecule has 67 heavy (non-hydrogen) atoms. The van der Waals surface area contributed by atoms with Crippen LogP contribution in [0.1, 0.15) is 85.4 Å². The monoisotopic (exact) mass is 913 g/mol. The number of ether oxygens (including phenoxy) is 6. The number of hydrogen-bond donors (Lipinski definition) is 2. The molecule has 3 aromatic carbocycles. The first kappa shape index (κ1) is 47.3. The fraction of sp³-hybridized carbons (Fsp3) is 0.426. The van der Waals surface area contributed by atoms with Gasteiger partial charge < -0.3 is 43.5 Å². The van der Waals surface area contributed by atoms with Gasteiger partial charge in [-0.3, -0.25) is 9.88 Å². The lowest BCUT2D eigenvalue weighted by atomic mass is 9.55. The standard InChI is InChI=1S/C54H63N3O10/c1-4-6-28-61-53(60)57(33-39-21-23-48-49(29-39)64-36-63-48)50-32-46(56-66-34-38-16-8-7-9-17-38)44-30-40(18-10-12-25-58)43(20-11-13-26-59)51-45-31-42(62-35-41-19-14-15-37(3)55-41)22-24-47(45)67-54(50,52(44)51)65-27-5-2/h4-5,7-9,14-17,19,21-24,29-31,40,43,50-52,58-59H,1-2,6,10-13,18,20,25-28,32-36H2,3H3/t40-,43+,50-,51+,52+,54+/m0/s1. The molecule has 4 aliphatic rings. The van der Waals surface area contributed by atoms with Crippen LogP contribution in [0.2, 0.25) is 0 Å². The summed E-state index contributed by atoms with van der Waals surface area (Å²) in [7, 11) is 0. The topological polar surface area (TPSA) is 151 Å². The summed E-state index contributed by atoms with van der Waals surface area (Å²) in [5, 5.41) is 25.0. The lowest BCUT2D eigenvalue weighted by Crippen LogP contribution is -2.70. The van der Waals surface area contributed by atoms with Gasteiger partial charge >= 0.3 is 6.09 Å². The molecule has 0 saturated heterocycles. The molecular formula is C54H63N3O10. The van der Waals surface area contributed by atoms with Crippen LogP contribution in [-0.4, -0.2) is 77.0 Å². The number of fused-ring (bicyclic) bond motifs is 3. The van der Waals surface area contributed by atoms with E-state index in [1.165, 1.54) is 0 Å². The summed E-state index contributed by atoms with van der Waals surface area (Å²) in [6.45, 7) is 11.0. The number of aryl methyl sites for hydroxylation is 1. The van der Waals surface area contributed by atoms with E-state index in [4.69, 9.17) is 38.4 Å². The number of aromatic nitrogens is 1. The van der Waals surface area contributed by atoms with Crippen molar-refractivity contribution < 1.29 is 48.3 Å². The van der Waals surface area contributed by atoms with Crippen molar-refractivity contribution in [2.24, 2.45) is 22.9 Å². The Morgan fingerprint density at radius 1 is 0.896 bits per heavy atom. The highest BCUT2D eigenvalue weighted by Crippen LogP contribution is 2.62. The molecule has 13 heteroatoms. The predicted molar refractivity (Wildman–Crippen MR) is 254 cm³/mol. The molecule has 0 spiro atoms. The first-order valence-electron chi connectivity index (χ1n) is 23.6. The molecule has 1 fully saturated rings. The third kappa shape index (κ3) is 10.9. The third-order valence-corrected chi connectivity index (χ3v) is 13.2. The largest absolute Gasteiger partial charge is 0.487 e. The van der Waals surface area contributed by atoms with Gasteiger partial charge in [0.15, 0.2) is 11.5 Å². The number of carbonyl (C=O) groups is 1. The Morgan fingerprint density at radius 3 is 2.49 bits per heavy atom. The average Bonchev–Trinajstić information content (AvgIpc) is 3.82. The number of aliphatic hydroxyl groups excluding tert-OH is 2. The Bertz CT molecular complexity index is 2390. The van der Waals surface area contributed by atoms with Crippen LogP contribution in [0.25, 0.3) is 0 Å². The predicted octanol–water partition coefficient (Wildman–Crippen LogP) is 9.75. The molecular weight excluding hydrogens is 851 g/mol. The number of hydrogen-bond acceptors (Lipinski definition) is 12. The molecule has 0 radical (unpaired) electrons. The molecule has 8 rings (SSSR count). The second-order valence-electron chi connectivity index (χ2n) is 17.6. The quantitative estimate of drug-likeness (QED) is 0.0416. The van der Waals surface area contributed by atoms with Crippen molar-refractivity contribution in [2.75, 3.05) is 33.2 Å². The van der Waals surface area contributed by atoms with Crippen molar-refractivity contribution in [3.8, 4) is 23.0 Å². The summed E-state index contributed by atoms with van der Waals surface area (Å²) in [6, 6.07) is 26.5. The van der Waals surface area contributed by atoms with Gasteiger partial charge in [0.2, 0.25) is 12.6 Å². The van der Waals surface area contributed by atoms with E-state index in [1.54, 1.807) is 17.1 Å². The minimum Gasteiger partial charge on any atom is -0.487 e. The molecule has 0 bridgehead atoms. The Morgan fingerprint density at radius 2 is 1.70 bits per heavy atom. The first-order chi connectivity index (χ1) is 32.8. The van der Waals surface area contributed by atoms with Crippen molar-refractivity contribution in [3.63, 3.8) is 0 Å². The minimum atomic E-state index is -1.50. The third-order valence-electron chi connectivity index (χ3n) is 13.2. The Balaban J connectivity index is 1.31. The average molecular weight is 914 g/mol. The van der Waals surface area contributed by atoms with Crippen LogP contribution >= 0.6 is 0 Å². The van der Waals surface area contributed by atoms with Crippen LogP contribution in [0.15, 0.2) is 127 Å². The highest BCUT2D eigenvalue weighted by molar-refractivity contribution is 6.03. The van der Waals surface area contributed by atoms with Crippen LogP contribution in [0.4, 0.5) is 4.79 Å². The second kappa shape index (κ2) is 22.6. The van der Waals surface area contributed by atoms with Crippen molar-refractivity contribution in [3.05, 3.63) is 150 Å². The van der Waals surface area contributed by atoms with Gasteiger partial charge in [0.05, 0.1) is 30.5 Å². The zero-order valence-electron chi connectivity index (χ0n) is 38.4. The number of carbonyl (C=O) groups excluding carboxylic acids is 1. The van der Waals surface area contributed by atoms with Crippen LogP contribution < -0.4 is 18.9 Å². The number of oxime groups is 1. The van der Waals surface area contributed by atoms with Crippen LogP contribution in [0.5, 0.6) is 23.0 Å². The molecule has 2 N–H and O–H groups in total. The number of rotatable bonds is 23. The molecule has 1 amide bonds. The molecule has 1 aromatic heterocycles. The molecule has 354 valence electrons. The molecule has 2 aliphatic carbocycles. The van der Waals surface area contributed by atoms with Crippen molar-refractivity contribution in [1.82, 2.24) is 9.88 Å². The number of allylic oxidation sites excluding steroid dienone is 1. The number of aliphatic hydroxyl groups is 2. The lowest BCUT2D eigenvalue weighted by Gasteiger charge is -2.59. The zero-order chi connectivity index (χ0) is 46.6. The van der Waals surface area contributed by atoms with Gasteiger partial charge in [-0.05, 0) is 110 Å². The van der Waals surface area contributed by atoms with Gasteiger partial charge in [-0.1, -0.05) is 78.7 Å². The molecule has 6 atom stereocenters. The SMILES string of the molecule is C=CCCOC(=O)N(Cc1ccc2c(c1)OCO2)[C@H]1CC(=NOCc2ccccc2)C2=C[C@H](CCCCO)[C@@H](CCCCO)[C@@H]3c4cc(OCc5cccc(C)n5)ccc4O[C@@]1(OCC=C)[C@H]23. The van der Waals surface area contributed by atoms with E-state index in [9.17, 15) is 15.0 Å². The summed E-state index contributed by atoms with van der Waals surface area (Å²) in [4.78, 5) is 27.5. The van der Waals surface area contributed by atoms with E-state index < -0.39 is 23.8 Å². The highest BCUT2D eigenvalue weighted by atomic mass is 16.7. The maximum Gasteiger partial charge on any atom is 0.410 e. The Labute approximate surface area is 393 Å². The summed E-state index contributed by atoms with van der Waals surface area (Å²) in [5.74, 6) is 0.289. The van der Waals surface area contributed by atoms with Crippen LogP contribution in [-0.2, 0) is 34.1 Å². The Kier molecular flexibility index (Phi) is 15.9. The van der Waals surface area contributed by atoms with Gasteiger partial charge in [-0.15, -0.1) is 13.2 Å². The minimum absolute atomic E-state index is 0.0223. The molecule has 2 aliphatic heterocycles. The fourth-order valence-corrected chi connectivity index (χ4v) is 10.2. The zero-order valence-corrected chi connectivity index (χ0v) is 38.4. The lowest BCUT2D eigenvalue weighted by molar-refractivity contribution is -0.256. The van der Waals surface area contributed by atoms with E-state index in [0.29, 0.717) is 48.0 Å². The van der Waals surface area contributed by atoms with Gasteiger partial charge in [-0.25, -0.2) is 4.79 Å².